The van der Waals surface area contributed by atoms with E-state index in [-0.39, 0.29) is 11.5 Å². The molecule has 1 aromatic heterocycles. The predicted octanol–water partition coefficient (Wildman–Crippen LogP) is 0.111. The highest BCUT2D eigenvalue weighted by molar-refractivity contribution is 5.69. The van der Waals surface area contributed by atoms with Gasteiger partial charge in [-0.1, -0.05) is 0 Å². The molecule has 0 radical (unpaired) electrons. The lowest BCUT2D eigenvalue weighted by atomic mass is 10.0. The van der Waals surface area contributed by atoms with Gasteiger partial charge in [-0.15, -0.1) is 0 Å². The van der Waals surface area contributed by atoms with Crippen molar-refractivity contribution in [1.82, 2.24) is 14.9 Å². The molecule has 1 aliphatic heterocycles. The number of rotatable bonds is 3. The van der Waals surface area contributed by atoms with Crippen molar-refractivity contribution < 1.29 is 9.53 Å². The number of aromatic amines is 2. The Hall–Kier alpha value is -1.89. The van der Waals surface area contributed by atoms with Crippen LogP contribution >= 0.6 is 0 Å². The predicted molar refractivity (Wildman–Crippen MR) is 74.7 cm³/mol. The van der Waals surface area contributed by atoms with Gasteiger partial charge in [0.05, 0.1) is 12.7 Å². The van der Waals surface area contributed by atoms with E-state index in [1.165, 1.54) is 7.11 Å². The van der Waals surface area contributed by atoms with Crippen LogP contribution in [0.25, 0.3) is 0 Å². The van der Waals surface area contributed by atoms with Crippen LogP contribution in [0.15, 0.2) is 9.59 Å². The molecule has 2 unspecified atom stereocenters. The zero-order valence-corrected chi connectivity index (χ0v) is 12.0. The van der Waals surface area contributed by atoms with Gasteiger partial charge in [0.1, 0.15) is 0 Å². The number of hydrogen-bond acceptors (Lipinski definition) is 5. The maximum absolute atomic E-state index is 11.8. The molecule has 1 saturated carbocycles. The summed E-state index contributed by atoms with van der Waals surface area (Å²) in [6, 6.07) is 0.356. The fourth-order valence-corrected chi connectivity index (χ4v) is 3.47. The lowest BCUT2D eigenvalue weighted by Gasteiger charge is -2.23. The van der Waals surface area contributed by atoms with Crippen LogP contribution in [0.2, 0.25) is 0 Å². The van der Waals surface area contributed by atoms with Crippen LogP contribution in [0.1, 0.15) is 36.9 Å². The Balaban J connectivity index is 1.66. The number of methoxy groups -OCH3 is 1. The molecule has 0 saturated heterocycles. The van der Waals surface area contributed by atoms with Crippen molar-refractivity contribution in [2.24, 2.45) is 5.92 Å². The third-order valence-corrected chi connectivity index (χ3v) is 4.57. The minimum Gasteiger partial charge on any atom is -0.469 e. The normalized spacial score (nSPS) is 25.0. The topological polar surface area (TPSA) is 95.3 Å². The molecule has 0 spiro atoms. The number of ether oxygens (including phenoxy) is 1. The number of fused-ring (bicyclic) bond motifs is 1. The number of esters is 1. The van der Waals surface area contributed by atoms with Crippen LogP contribution < -0.4 is 11.2 Å². The first-order chi connectivity index (χ1) is 10.1. The Morgan fingerprint density at radius 1 is 1.29 bits per heavy atom. The van der Waals surface area contributed by atoms with Gasteiger partial charge in [-0.25, -0.2) is 4.79 Å². The molecule has 2 aliphatic rings. The first-order valence-electron chi connectivity index (χ1n) is 7.22. The third-order valence-electron chi connectivity index (χ3n) is 4.57. The fourth-order valence-electron chi connectivity index (χ4n) is 3.47. The fraction of sp³-hybridized carbons (Fsp3) is 0.643. The summed E-state index contributed by atoms with van der Waals surface area (Å²) < 4.78 is 4.71. The molecule has 2 heterocycles. The van der Waals surface area contributed by atoms with Gasteiger partial charge in [-0.05, 0) is 25.2 Å². The van der Waals surface area contributed by atoms with Crippen LogP contribution in [-0.2, 0) is 22.6 Å². The Morgan fingerprint density at radius 2 is 2.10 bits per heavy atom. The molecule has 1 aliphatic carbocycles. The van der Waals surface area contributed by atoms with Crippen LogP contribution in [0.4, 0.5) is 0 Å². The summed E-state index contributed by atoms with van der Waals surface area (Å²) in [6.45, 7) is 1.17. The van der Waals surface area contributed by atoms with Crippen molar-refractivity contribution in [2.75, 3.05) is 7.11 Å². The summed E-state index contributed by atoms with van der Waals surface area (Å²) >= 11 is 0. The van der Waals surface area contributed by atoms with Crippen LogP contribution in [-0.4, -0.2) is 34.0 Å². The van der Waals surface area contributed by atoms with Gasteiger partial charge >= 0.3 is 11.7 Å². The minimum atomic E-state index is -0.449. The van der Waals surface area contributed by atoms with E-state index in [9.17, 15) is 14.4 Å². The van der Waals surface area contributed by atoms with Crippen molar-refractivity contribution in [2.45, 2.75) is 44.8 Å². The van der Waals surface area contributed by atoms with Crippen LogP contribution in [0.5, 0.6) is 0 Å². The van der Waals surface area contributed by atoms with E-state index in [0.29, 0.717) is 37.0 Å². The Morgan fingerprint density at radius 3 is 2.86 bits per heavy atom. The van der Waals surface area contributed by atoms with E-state index >= 15 is 0 Å². The quantitative estimate of drug-likeness (QED) is 0.771. The highest BCUT2D eigenvalue weighted by Crippen LogP contribution is 2.34. The molecule has 2 atom stereocenters. The average molecular weight is 293 g/mol. The first kappa shape index (κ1) is 14.1. The number of nitrogens with zero attached hydrogens (tertiary/aromatic N) is 1. The van der Waals surface area contributed by atoms with Crippen molar-refractivity contribution in [3.8, 4) is 0 Å². The molecular weight excluding hydrogens is 274 g/mol. The number of nitrogens with one attached hydrogen (secondary N) is 2. The second kappa shape index (κ2) is 5.48. The monoisotopic (exact) mass is 293 g/mol. The largest absolute Gasteiger partial charge is 0.469 e. The van der Waals surface area contributed by atoms with Gasteiger partial charge in [0.25, 0.3) is 5.56 Å². The summed E-state index contributed by atoms with van der Waals surface area (Å²) in [4.78, 5) is 41.6. The molecule has 114 valence electrons. The SMILES string of the molecule is COC(=O)CC1CCC(N2Cc3[nH]c(=O)[nH]c(=O)c3C2)C1. The van der Waals surface area contributed by atoms with Crippen molar-refractivity contribution in [3.63, 3.8) is 0 Å². The van der Waals surface area contributed by atoms with Gasteiger partial charge in [0.15, 0.2) is 0 Å². The highest BCUT2D eigenvalue weighted by atomic mass is 16.5. The molecule has 1 fully saturated rings. The van der Waals surface area contributed by atoms with Gasteiger partial charge in [0.2, 0.25) is 0 Å². The zero-order valence-electron chi connectivity index (χ0n) is 12.0. The van der Waals surface area contributed by atoms with E-state index in [0.717, 1.165) is 25.0 Å². The maximum Gasteiger partial charge on any atom is 0.325 e. The summed E-state index contributed by atoms with van der Waals surface area (Å²) in [5.41, 5.74) is 0.641. The maximum atomic E-state index is 11.8. The highest BCUT2D eigenvalue weighted by Gasteiger charge is 2.34. The van der Waals surface area contributed by atoms with E-state index in [1.807, 2.05) is 0 Å². The van der Waals surface area contributed by atoms with Crippen molar-refractivity contribution in [1.29, 1.82) is 0 Å². The molecule has 2 N–H and O–H groups in total. The number of hydrogen-bond donors (Lipinski definition) is 2. The molecule has 0 bridgehead atoms. The Kier molecular flexibility index (Phi) is 3.67. The van der Waals surface area contributed by atoms with Crippen molar-refractivity contribution in [3.05, 3.63) is 32.1 Å². The van der Waals surface area contributed by atoms with Gasteiger partial charge in [-0.3, -0.25) is 19.5 Å². The lowest BCUT2D eigenvalue weighted by molar-refractivity contribution is -0.141. The van der Waals surface area contributed by atoms with E-state index in [2.05, 4.69) is 14.9 Å². The summed E-state index contributed by atoms with van der Waals surface area (Å²) in [5.74, 6) is 0.189. The molecule has 0 amide bonds. The lowest BCUT2D eigenvalue weighted by Crippen LogP contribution is -2.29. The molecule has 0 aromatic carbocycles. The summed E-state index contributed by atoms with van der Waals surface area (Å²) in [7, 11) is 1.41. The van der Waals surface area contributed by atoms with Gasteiger partial charge in [-0.2, -0.15) is 0 Å². The Bertz CT molecular complexity index is 663. The average Bonchev–Trinajstić information content (AvgIpc) is 3.04. The van der Waals surface area contributed by atoms with E-state index < -0.39 is 5.69 Å². The standard InChI is InChI=1S/C14H19N3O4/c1-21-12(18)5-8-2-3-9(4-8)17-6-10-11(7-17)15-14(20)16-13(10)19/h8-9H,2-7H2,1H3,(H2,15,16,19,20). The molecular formula is C14H19N3O4. The van der Waals surface area contributed by atoms with Crippen LogP contribution in [0, 0.1) is 5.92 Å². The van der Waals surface area contributed by atoms with Crippen LogP contribution in [0.3, 0.4) is 0 Å². The molecule has 1 aromatic rings. The Labute approximate surface area is 121 Å². The number of carbonyl (C=O) groups is 1. The second-order valence-electron chi connectivity index (χ2n) is 5.88. The summed E-state index contributed by atoms with van der Waals surface area (Å²) in [6.07, 6.45) is 3.41. The number of aromatic nitrogens is 2. The second-order valence-corrected chi connectivity index (χ2v) is 5.88. The minimum absolute atomic E-state index is 0.161. The number of carbonyl (C=O) groups excluding carboxylic acids is 1. The molecule has 7 nitrogen and oxygen atoms in total. The van der Waals surface area contributed by atoms with Crippen molar-refractivity contribution >= 4 is 5.97 Å². The van der Waals surface area contributed by atoms with E-state index in [4.69, 9.17) is 4.74 Å². The number of H-pyrrole nitrogens is 2. The molecule has 21 heavy (non-hydrogen) atoms. The third kappa shape index (κ3) is 2.78. The smallest absolute Gasteiger partial charge is 0.325 e. The molecule has 7 heteroatoms. The van der Waals surface area contributed by atoms with Gasteiger partial charge in [0, 0.05) is 31.2 Å². The van der Waals surface area contributed by atoms with Gasteiger partial charge < -0.3 is 9.72 Å². The summed E-state index contributed by atoms with van der Waals surface area (Å²) in [5, 5.41) is 0. The van der Waals surface area contributed by atoms with E-state index in [1.54, 1.807) is 0 Å². The molecule has 3 rings (SSSR count). The first-order valence-corrected chi connectivity index (χ1v) is 7.22. The zero-order chi connectivity index (χ0) is 15.0.